The van der Waals surface area contributed by atoms with E-state index in [1.165, 1.54) is 18.3 Å². The lowest BCUT2D eigenvalue weighted by Gasteiger charge is -1.96. The van der Waals surface area contributed by atoms with Gasteiger partial charge in [-0.25, -0.2) is 8.42 Å². The third-order valence-corrected chi connectivity index (χ3v) is 2.33. The summed E-state index contributed by atoms with van der Waals surface area (Å²) in [6.45, 7) is 3.52. The smallest absolute Gasteiger partial charge is 0.175 e. The number of hydrogen-bond acceptors (Lipinski definition) is 3. The maximum Gasteiger partial charge on any atom is 0.175 e. The van der Waals surface area contributed by atoms with Crippen LogP contribution >= 0.6 is 0 Å². The van der Waals surface area contributed by atoms with Gasteiger partial charge in [0.15, 0.2) is 9.84 Å². The summed E-state index contributed by atoms with van der Waals surface area (Å²) >= 11 is 0. The van der Waals surface area contributed by atoms with Crippen LogP contribution in [0.2, 0.25) is 0 Å². The quantitative estimate of drug-likeness (QED) is 0.622. The highest BCUT2D eigenvalue weighted by molar-refractivity contribution is 7.90. The van der Waals surface area contributed by atoms with E-state index in [9.17, 15) is 8.42 Å². The molecule has 0 atom stereocenters. The number of rotatable bonds is 1. The summed E-state index contributed by atoms with van der Waals surface area (Å²) in [5.74, 6) is 0. The topological polar surface area (TPSA) is 47.0 Å². The van der Waals surface area contributed by atoms with Crippen molar-refractivity contribution in [2.24, 2.45) is 0 Å². The molecule has 0 aliphatic rings. The second-order valence-electron chi connectivity index (χ2n) is 2.26. The number of nitrogens with zero attached hydrogens (tertiary/aromatic N) is 1. The van der Waals surface area contributed by atoms with E-state index in [0.29, 0.717) is 5.69 Å². The molecule has 0 unspecified atom stereocenters. The van der Waals surface area contributed by atoms with Crippen LogP contribution in [0, 0.1) is 6.92 Å². The van der Waals surface area contributed by atoms with Crippen molar-refractivity contribution in [3.63, 3.8) is 0 Å². The summed E-state index contributed by atoms with van der Waals surface area (Å²) in [7, 11) is -3.11. The highest BCUT2D eigenvalue weighted by Gasteiger charge is 2.05. The summed E-state index contributed by atoms with van der Waals surface area (Å²) in [5, 5.41) is 0. The lowest BCUT2D eigenvalue weighted by molar-refractivity contribution is 0.601. The Morgan fingerprint density at radius 1 is 1.55 bits per heavy atom. The molecule has 0 saturated heterocycles. The summed E-state index contributed by atoms with van der Waals surface area (Å²) in [4.78, 5) is 4.04. The van der Waals surface area contributed by atoms with Gasteiger partial charge in [0.05, 0.1) is 4.90 Å². The van der Waals surface area contributed by atoms with Crippen LogP contribution in [-0.2, 0) is 9.84 Å². The molecule has 0 aliphatic carbocycles. The minimum atomic E-state index is -3.11. The van der Waals surface area contributed by atoms with Gasteiger partial charge in [0.2, 0.25) is 0 Å². The molecule has 0 N–H and O–H groups in total. The van der Waals surface area contributed by atoms with Gasteiger partial charge in [-0.15, -0.1) is 0 Å². The van der Waals surface area contributed by atoms with Crippen LogP contribution in [0.3, 0.4) is 0 Å². The second kappa shape index (κ2) is 2.62. The lowest BCUT2D eigenvalue weighted by atomic mass is 10.4. The highest BCUT2D eigenvalue weighted by Crippen LogP contribution is 2.07. The van der Waals surface area contributed by atoms with Crippen molar-refractivity contribution in [3.8, 4) is 0 Å². The Hall–Kier alpha value is -0.900. The Bertz CT molecular complexity index is 356. The zero-order valence-corrected chi connectivity index (χ0v) is 6.93. The van der Waals surface area contributed by atoms with Gasteiger partial charge >= 0.3 is 0 Å². The normalized spacial score (nSPS) is 11.5. The minimum Gasteiger partial charge on any atom is -0.261 e. The van der Waals surface area contributed by atoms with Gasteiger partial charge in [0.1, 0.15) is 0 Å². The highest BCUT2D eigenvalue weighted by atomic mass is 32.2. The molecular weight excluding hydrogens is 162 g/mol. The zero-order valence-electron chi connectivity index (χ0n) is 6.11. The van der Waals surface area contributed by atoms with E-state index in [2.05, 4.69) is 11.9 Å². The molecule has 0 aliphatic heterocycles. The first-order valence-electron chi connectivity index (χ1n) is 2.98. The molecule has 1 radical (unpaired) electrons. The first-order chi connectivity index (χ1) is 5.00. The SMILES string of the molecule is [CH2]c1cc(S(C)(=O)=O)ccn1. The van der Waals surface area contributed by atoms with Crippen LogP contribution in [0.4, 0.5) is 0 Å². The molecule has 1 heterocycles. The molecule has 0 bridgehead atoms. The van der Waals surface area contributed by atoms with Crippen LogP contribution in [0.5, 0.6) is 0 Å². The van der Waals surface area contributed by atoms with Crippen molar-refractivity contribution in [2.45, 2.75) is 4.90 Å². The van der Waals surface area contributed by atoms with E-state index in [0.717, 1.165) is 6.26 Å². The summed E-state index contributed by atoms with van der Waals surface area (Å²) in [6, 6.07) is 2.89. The van der Waals surface area contributed by atoms with Crippen LogP contribution in [0.1, 0.15) is 5.69 Å². The van der Waals surface area contributed by atoms with Crippen molar-refractivity contribution < 1.29 is 8.42 Å². The van der Waals surface area contributed by atoms with Crippen LogP contribution in [0.15, 0.2) is 23.2 Å². The molecule has 59 valence electrons. The molecule has 3 nitrogen and oxygen atoms in total. The molecule has 0 fully saturated rings. The van der Waals surface area contributed by atoms with Crippen molar-refractivity contribution in [1.82, 2.24) is 4.98 Å². The van der Waals surface area contributed by atoms with Gasteiger partial charge < -0.3 is 0 Å². The molecule has 11 heavy (non-hydrogen) atoms. The summed E-state index contributed by atoms with van der Waals surface area (Å²) in [6.07, 6.45) is 2.58. The number of pyridine rings is 1. The number of hydrogen-bond donors (Lipinski definition) is 0. The van der Waals surface area contributed by atoms with Gasteiger partial charge in [-0.05, 0) is 19.1 Å². The average Bonchev–Trinajstić information content (AvgIpc) is 1.86. The second-order valence-corrected chi connectivity index (χ2v) is 4.27. The molecule has 1 aromatic rings. The maximum absolute atomic E-state index is 10.9. The average molecular weight is 170 g/mol. The Kier molecular flexibility index (Phi) is 1.95. The van der Waals surface area contributed by atoms with E-state index >= 15 is 0 Å². The standard InChI is InChI=1S/C7H8NO2S/c1-6-5-7(3-4-8-6)11(2,9)10/h3-5H,1H2,2H3. The molecule has 1 rings (SSSR count). The lowest BCUT2D eigenvalue weighted by Crippen LogP contribution is -1.97. The molecule has 0 saturated carbocycles. The summed E-state index contributed by atoms with van der Waals surface area (Å²) < 4.78 is 21.9. The van der Waals surface area contributed by atoms with Crippen molar-refractivity contribution >= 4 is 9.84 Å². The van der Waals surface area contributed by atoms with E-state index < -0.39 is 9.84 Å². The molecular formula is C7H8NO2S. The number of sulfone groups is 1. The van der Waals surface area contributed by atoms with E-state index in [-0.39, 0.29) is 4.90 Å². The van der Waals surface area contributed by atoms with Gasteiger partial charge in [0.25, 0.3) is 0 Å². The first kappa shape index (κ1) is 8.20. The van der Waals surface area contributed by atoms with Gasteiger partial charge in [-0.3, -0.25) is 4.98 Å². The molecule has 0 spiro atoms. The Morgan fingerprint density at radius 2 is 2.18 bits per heavy atom. The fraction of sp³-hybridized carbons (Fsp3) is 0.143. The van der Waals surface area contributed by atoms with E-state index in [4.69, 9.17) is 0 Å². The Labute approximate surface area is 66.0 Å². The monoisotopic (exact) mass is 170 g/mol. The third kappa shape index (κ3) is 2.01. The fourth-order valence-corrected chi connectivity index (χ4v) is 1.34. The van der Waals surface area contributed by atoms with Crippen molar-refractivity contribution in [1.29, 1.82) is 0 Å². The minimum absolute atomic E-state index is 0.262. The zero-order chi connectivity index (χ0) is 8.48. The maximum atomic E-state index is 10.9. The third-order valence-electron chi connectivity index (χ3n) is 1.22. The van der Waals surface area contributed by atoms with Gasteiger partial charge in [0, 0.05) is 18.1 Å². The van der Waals surface area contributed by atoms with Crippen LogP contribution in [0.25, 0.3) is 0 Å². The first-order valence-corrected chi connectivity index (χ1v) is 4.87. The van der Waals surface area contributed by atoms with Gasteiger partial charge in [-0.2, -0.15) is 0 Å². The molecule has 1 aromatic heterocycles. The van der Waals surface area contributed by atoms with E-state index in [1.807, 2.05) is 0 Å². The van der Waals surface area contributed by atoms with Crippen molar-refractivity contribution in [2.75, 3.05) is 6.26 Å². The summed E-state index contributed by atoms with van der Waals surface area (Å²) in [5.41, 5.74) is 0.466. The fourth-order valence-electron chi connectivity index (χ4n) is 0.687. The van der Waals surface area contributed by atoms with Crippen molar-refractivity contribution in [3.05, 3.63) is 30.9 Å². The van der Waals surface area contributed by atoms with Gasteiger partial charge in [-0.1, -0.05) is 0 Å². The van der Waals surface area contributed by atoms with E-state index in [1.54, 1.807) is 0 Å². The Balaban J connectivity index is 3.28. The molecule has 0 amide bonds. The predicted octanol–water partition coefficient (Wildman–Crippen LogP) is 0.667. The predicted molar refractivity (Wildman–Crippen MR) is 41.8 cm³/mol. The molecule has 0 aromatic carbocycles. The Morgan fingerprint density at radius 3 is 2.55 bits per heavy atom. The van der Waals surface area contributed by atoms with Crippen LogP contribution < -0.4 is 0 Å². The largest absolute Gasteiger partial charge is 0.261 e. The van der Waals surface area contributed by atoms with Crippen LogP contribution in [-0.4, -0.2) is 19.7 Å². The molecule has 4 heteroatoms. The number of aromatic nitrogens is 1.